The van der Waals surface area contributed by atoms with Gasteiger partial charge in [0.15, 0.2) is 0 Å². The molecule has 0 fully saturated rings. The van der Waals surface area contributed by atoms with Crippen LogP contribution >= 0.6 is 0 Å². The lowest BCUT2D eigenvalue weighted by Crippen LogP contribution is -2.07. The third-order valence-corrected chi connectivity index (χ3v) is 1.94. The first-order valence-electron chi connectivity index (χ1n) is 4.82. The summed E-state index contributed by atoms with van der Waals surface area (Å²) in [4.78, 5) is 0. The number of ether oxygens (including phenoxy) is 1. The Kier molecular flexibility index (Phi) is 4.43. The van der Waals surface area contributed by atoms with E-state index in [1.54, 1.807) is 6.92 Å². The molecule has 0 unspecified atom stereocenters. The quantitative estimate of drug-likeness (QED) is 0.744. The van der Waals surface area contributed by atoms with Crippen LogP contribution in [0.15, 0.2) is 24.3 Å². The van der Waals surface area contributed by atoms with Crippen molar-refractivity contribution < 1.29 is 9.84 Å². The Morgan fingerprint density at radius 1 is 1.50 bits per heavy atom. The standard InChI is InChI=1S/C11H17NO2/c1-9(13)5-6-14-11-4-2-3-10(7-11)8-12/h2-4,7,9,13H,5-6,8,12H2,1H3/t9-/m0/s1. The van der Waals surface area contributed by atoms with E-state index in [0.717, 1.165) is 11.3 Å². The van der Waals surface area contributed by atoms with Gasteiger partial charge in [-0.2, -0.15) is 0 Å². The monoisotopic (exact) mass is 195 g/mol. The molecule has 3 heteroatoms. The van der Waals surface area contributed by atoms with Gasteiger partial charge in [0.2, 0.25) is 0 Å². The van der Waals surface area contributed by atoms with Crippen LogP contribution in [0.1, 0.15) is 18.9 Å². The third-order valence-electron chi connectivity index (χ3n) is 1.94. The smallest absolute Gasteiger partial charge is 0.119 e. The van der Waals surface area contributed by atoms with Gasteiger partial charge in [-0.1, -0.05) is 12.1 Å². The maximum absolute atomic E-state index is 9.03. The minimum absolute atomic E-state index is 0.312. The van der Waals surface area contributed by atoms with E-state index in [4.69, 9.17) is 15.6 Å². The highest BCUT2D eigenvalue weighted by molar-refractivity contribution is 5.28. The molecule has 3 N–H and O–H groups in total. The van der Waals surface area contributed by atoms with Gasteiger partial charge < -0.3 is 15.6 Å². The van der Waals surface area contributed by atoms with E-state index in [1.165, 1.54) is 0 Å². The van der Waals surface area contributed by atoms with Gasteiger partial charge in [0, 0.05) is 13.0 Å². The van der Waals surface area contributed by atoms with Gasteiger partial charge in [-0.05, 0) is 24.6 Å². The lowest BCUT2D eigenvalue weighted by atomic mass is 10.2. The van der Waals surface area contributed by atoms with E-state index in [9.17, 15) is 0 Å². The molecular formula is C11H17NO2. The Hall–Kier alpha value is -1.06. The molecule has 0 saturated carbocycles. The van der Waals surface area contributed by atoms with Crippen molar-refractivity contribution in [3.63, 3.8) is 0 Å². The number of hydrogen-bond acceptors (Lipinski definition) is 3. The Morgan fingerprint density at radius 3 is 2.93 bits per heavy atom. The SMILES string of the molecule is C[C@H](O)CCOc1cccc(CN)c1. The largest absolute Gasteiger partial charge is 0.493 e. The van der Waals surface area contributed by atoms with Crippen LogP contribution in [0, 0.1) is 0 Å². The Bertz CT molecular complexity index is 274. The first-order valence-corrected chi connectivity index (χ1v) is 4.82. The first-order chi connectivity index (χ1) is 6.72. The molecule has 0 aliphatic rings. The van der Waals surface area contributed by atoms with Crippen LogP contribution in [0.4, 0.5) is 0 Å². The summed E-state index contributed by atoms with van der Waals surface area (Å²) in [5, 5.41) is 9.03. The van der Waals surface area contributed by atoms with E-state index in [0.29, 0.717) is 19.6 Å². The molecule has 1 atom stereocenters. The highest BCUT2D eigenvalue weighted by Gasteiger charge is 1.98. The average Bonchev–Trinajstić information content (AvgIpc) is 2.18. The molecule has 1 aromatic carbocycles. The summed E-state index contributed by atoms with van der Waals surface area (Å²) < 4.78 is 5.44. The maximum atomic E-state index is 9.03. The summed E-state index contributed by atoms with van der Waals surface area (Å²) in [5.41, 5.74) is 6.56. The van der Waals surface area contributed by atoms with Crippen LogP contribution in [0.2, 0.25) is 0 Å². The van der Waals surface area contributed by atoms with E-state index in [-0.39, 0.29) is 6.10 Å². The molecule has 0 spiro atoms. The fourth-order valence-corrected chi connectivity index (χ4v) is 1.11. The van der Waals surface area contributed by atoms with E-state index in [1.807, 2.05) is 24.3 Å². The summed E-state index contributed by atoms with van der Waals surface area (Å²) in [6.07, 6.45) is 0.333. The molecule has 78 valence electrons. The summed E-state index contributed by atoms with van der Waals surface area (Å²) in [6.45, 7) is 2.80. The average molecular weight is 195 g/mol. The zero-order valence-corrected chi connectivity index (χ0v) is 8.44. The summed E-state index contributed by atoms with van der Waals surface area (Å²) >= 11 is 0. The van der Waals surface area contributed by atoms with Crippen molar-refractivity contribution in [1.82, 2.24) is 0 Å². The van der Waals surface area contributed by atoms with Gasteiger partial charge in [0.05, 0.1) is 12.7 Å². The molecule has 3 nitrogen and oxygen atoms in total. The fourth-order valence-electron chi connectivity index (χ4n) is 1.11. The molecule has 0 aliphatic carbocycles. The van der Waals surface area contributed by atoms with Crippen molar-refractivity contribution in [2.45, 2.75) is 26.0 Å². The van der Waals surface area contributed by atoms with E-state index < -0.39 is 0 Å². The first kappa shape index (κ1) is 11.0. The highest BCUT2D eigenvalue weighted by Crippen LogP contribution is 2.13. The zero-order valence-electron chi connectivity index (χ0n) is 8.44. The van der Waals surface area contributed by atoms with Crippen molar-refractivity contribution in [3.8, 4) is 5.75 Å². The predicted octanol–water partition coefficient (Wildman–Crippen LogP) is 1.29. The molecule has 14 heavy (non-hydrogen) atoms. The molecule has 1 aromatic rings. The van der Waals surface area contributed by atoms with Crippen molar-refractivity contribution in [3.05, 3.63) is 29.8 Å². The van der Waals surface area contributed by atoms with Crippen LogP contribution in [0.25, 0.3) is 0 Å². The summed E-state index contributed by atoms with van der Waals surface area (Å²) in [6, 6.07) is 7.69. The number of nitrogens with two attached hydrogens (primary N) is 1. The lowest BCUT2D eigenvalue weighted by Gasteiger charge is -2.08. The van der Waals surface area contributed by atoms with Gasteiger partial charge in [-0.3, -0.25) is 0 Å². The van der Waals surface area contributed by atoms with Gasteiger partial charge in [0.25, 0.3) is 0 Å². The molecule has 0 amide bonds. The van der Waals surface area contributed by atoms with Gasteiger partial charge in [0.1, 0.15) is 5.75 Å². The molecule has 0 heterocycles. The molecule has 0 radical (unpaired) electrons. The molecule has 0 aliphatic heterocycles. The maximum Gasteiger partial charge on any atom is 0.119 e. The predicted molar refractivity (Wildman–Crippen MR) is 56.1 cm³/mol. The van der Waals surface area contributed by atoms with E-state index >= 15 is 0 Å². The van der Waals surface area contributed by atoms with Crippen molar-refractivity contribution in [1.29, 1.82) is 0 Å². The zero-order chi connectivity index (χ0) is 10.4. The Morgan fingerprint density at radius 2 is 2.29 bits per heavy atom. The highest BCUT2D eigenvalue weighted by atomic mass is 16.5. The van der Waals surface area contributed by atoms with Crippen LogP contribution < -0.4 is 10.5 Å². The van der Waals surface area contributed by atoms with Crippen molar-refractivity contribution in [2.75, 3.05) is 6.61 Å². The second kappa shape index (κ2) is 5.62. The summed E-state index contributed by atoms with van der Waals surface area (Å²) in [7, 11) is 0. The number of aliphatic hydroxyl groups is 1. The van der Waals surface area contributed by atoms with Crippen LogP contribution in [0.5, 0.6) is 5.75 Å². The van der Waals surface area contributed by atoms with Crippen molar-refractivity contribution in [2.24, 2.45) is 5.73 Å². The fraction of sp³-hybridized carbons (Fsp3) is 0.455. The third kappa shape index (κ3) is 3.77. The number of rotatable bonds is 5. The lowest BCUT2D eigenvalue weighted by molar-refractivity contribution is 0.155. The van der Waals surface area contributed by atoms with Crippen molar-refractivity contribution >= 4 is 0 Å². The minimum Gasteiger partial charge on any atom is -0.493 e. The Labute approximate surface area is 84.5 Å². The van der Waals surface area contributed by atoms with Crippen LogP contribution in [-0.4, -0.2) is 17.8 Å². The summed E-state index contributed by atoms with van der Waals surface area (Å²) in [5.74, 6) is 0.814. The van der Waals surface area contributed by atoms with Gasteiger partial charge >= 0.3 is 0 Å². The second-order valence-electron chi connectivity index (χ2n) is 3.34. The molecular weight excluding hydrogens is 178 g/mol. The van der Waals surface area contributed by atoms with Gasteiger partial charge in [-0.25, -0.2) is 0 Å². The number of hydrogen-bond donors (Lipinski definition) is 2. The molecule has 0 aromatic heterocycles. The topological polar surface area (TPSA) is 55.5 Å². The normalized spacial score (nSPS) is 12.5. The minimum atomic E-state index is -0.312. The molecule has 0 saturated heterocycles. The number of benzene rings is 1. The van der Waals surface area contributed by atoms with E-state index in [2.05, 4.69) is 0 Å². The number of aliphatic hydroxyl groups excluding tert-OH is 1. The second-order valence-corrected chi connectivity index (χ2v) is 3.34. The van der Waals surface area contributed by atoms with Crippen LogP contribution in [-0.2, 0) is 6.54 Å². The van der Waals surface area contributed by atoms with Crippen LogP contribution in [0.3, 0.4) is 0 Å². The molecule has 1 rings (SSSR count). The molecule has 0 bridgehead atoms. The van der Waals surface area contributed by atoms with Gasteiger partial charge in [-0.15, -0.1) is 0 Å². The Balaban J connectivity index is 2.42.